The molecule has 1 aliphatic heterocycles. The van der Waals surface area contributed by atoms with Crippen molar-refractivity contribution in [3.63, 3.8) is 0 Å². The molecule has 1 saturated heterocycles. The van der Waals surface area contributed by atoms with E-state index < -0.39 is 23.6 Å². The molecular weight excluding hydrogens is 435 g/mol. The summed E-state index contributed by atoms with van der Waals surface area (Å²) < 4.78 is 44.2. The Bertz CT molecular complexity index is 969. The number of nitrogens with one attached hydrogen (secondary N) is 1. The van der Waals surface area contributed by atoms with E-state index in [-0.39, 0.29) is 36.0 Å². The van der Waals surface area contributed by atoms with Crippen LogP contribution in [-0.2, 0) is 15.7 Å². The summed E-state index contributed by atoms with van der Waals surface area (Å²) in [5.41, 5.74) is -0.979. The van der Waals surface area contributed by atoms with Gasteiger partial charge in [-0.1, -0.05) is 12.1 Å². The summed E-state index contributed by atoms with van der Waals surface area (Å²) in [6.07, 6.45) is -4.61. The van der Waals surface area contributed by atoms with Crippen LogP contribution in [0.5, 0.6) is 0 Å². The van der Waals surface area contributed by atoms with Gasteiger partial charge in [0.15, 0.2) is 0 Å². The highest BCUT2D eigenvalue weighted by atomic mass is 32.1. The van der Waals surface area contributed by atoms with Gasteiger partial charge in [0.1, 0.15) is 4.88 Å². The second-order valence-electron chi connectivity index (χ2n) is 6.81. The quantitative estimate of drug-likeness (QED) is 0.702. The number of esters is 1. The van der Waals surface area contributed by atoms with E-state index >= 15 is 0 Å². The number of carbonyl (C=O) groups is 3. The van der Waals surface area contributed by atoms with Gasteiger partial charge in [-0.15, -0.1) is 11.3 Å². The fraction of sp³-hybridized carbons (Fsp3) is 0.350. The second kappa shape index (κ2) is 9.48. The van der Waals surface area contributed by atoms with E-state index in [4.69, 9.17) is 0 Å². The van der Waals surface area contributed by atoms with E-state index in [0.29, 0.717) is 18.8 Å². The fourth-order valence-corrected chi connectivity index (χ4v) is 4.01. The van der Waals surface area contributed by atoms with Gasteiger partial charge in [0.05, 0.1) is 30.5 Å². The van der Waals surface area contributed by atoms with E-state index in [2.05, 4.69) is 10.1 Å². The SMILES string of the molecule is COC(=O)c1sccc1NC(=O)CN1CCN(C(=O)c2ccccc2C(F)(F)F)CC1. The molecule has 2 aromatic rings. The van der Waals surface area contributed by atoms with Crippen LogP contribution in [0.2, 0.25) is 0 Å². The van der Waals surface area contributed by atoms with Gasteiger partial charge in [0, 0.05) is 26.2 Å². The van der Waals surface area contributed by atoms with Crippen molar-refractivity contribution in [1.29, 1.82) is 0 Å². The maximum atomic E-state index is 13.2. The number of halogens is 3. The summed E-state index contributed by atoms with van der Waals surface area (Å²) in [5, 5.41) is 4.32. The summed E-state index contributed by atoms with van der Waals surface area (Å²) in [7, 11) is 1.25. The van der Waals surface area contributed by atoms with Gasteiger partial charge in [0.25, 0.3) is 5.91 Å². The van der Waals surface area contributed by atoms with Gasteiger partial charge < -0.3 is 15.0 Å². The minimum atomic E-state index is -4.61. The molecule has 0 atom stereocenters. The number of nitrogens with zero attached hydrogens (tertiary/aromatic N) is 2. The molecule has 2 amide bonds. The lowest BCUT2D eigenvalue weighted by molar-refractivity contribution is -0.138. The highest BCUT2D eigenvalue weighted by Crippen LogP contribution is 2.32. The summed E-state index contributed by atoms with van der Waals surface area (Å²) in [6.45, 7) is 1.09. The van der Waals surface area contributed by atoms with E-state index in [1.54, 1.807) is 16.3 Å². The Morgan fingerprint density at radius 1 is 1.10 bits per heavy atom. The van der Waals surface area contributed by atoms with Crippen LogP contribution < -0.4 is 5.32 Å². The third kappa shape index (κ3) is 5.42. The van der Waals surface area contributed by atoms with E-state index in [9.17, 15) is 27.6 Å². The number of methoxy groups -OCH3 is 1. The highest BCUT2D eigenvalue weighted by molar-refractivity contribution is 7.12. The van der Waals surface area contributed by atoms with E-state index in [1.807, 2.05) is 0 Å². The Balaban J connectivity index is 1.56. The molecule has 31 heavy (non-hydrogen) atoms. The number of amides is 2. The molecule has 0 radical (unpaired) electrons. The van der Waals surface area contributed by atoms with Crippen LogP contribution in [0.4, 0.5) is 18.9 Å². The normalized spacial score (nSPS) is 14.9. The van der Waals surface area contributed by atoms with E-state index in [1.165, 1.54) is 30.2 Å². The summed E-state index contributed by atoms with van der Waals surface area (Å²) in [5.74, 6) is -1.57. The maximum Gasteiger partial charge on any atom is 0.417 e. The monoisotopic (exact) mass is 455 g/mol. The molecule has 166 valence electrons. The second-order valence-corrected chi connectivity index (χ2v) is 7.73. The van der Waals surface area contributed by atoms with Crippen LogP contribution >= 0.6 is 11.3 Å². The molecule has 0 saturated carbocycles. The number of anilines is 1. The zero-order valence-corrected chi connectivity index (χ0v) is 17.4. The third-order valence-electron chi connectivity index (χ3n) is 4.80. The lowest BCUT2D eigenvalue weighted by Crippen LogP contribution is -2.50. The molecule has 3 rings (SSSR count). The van der Waals surface area contributed by atoms with Crippen LogP contribution in [-0.4, -0.2) is 67.4 Å². The zero-order valence-electron chi connectivity index (χ0n) is 16.6. The topological polar surface area (TPSA) is 79.0 Å². The Morgan fingerprint density at radius 2 is 1.77 bits per heavy atom. The van der Waals surface area contributed by atoms with Gasteiger partial charge in [-0.3, -0.25) is 14.5 Å². The molecule has 0 aliphatic carbocycles. The summed E-state index contributed by atoms with van der Waals surface area (Å²) in [4.78, 5) is 40.1. The number of piperazine rings is 1. The van der Waals surface area contributed by atoms with E-state index in [0.717, 1.165) is 17.4 Å². The molecule has 1 aromatic heterocycles. The molecule has 0 spiro atoms. The summed E-state index contributed by atoms with van der Waals surface area (Å²) >= 11 is 1.15. The van der Waals surface area contributed by atoms with Gasteiger partial charge >= 0.3 is 12.1 Å². The van der Waals surface area contributed by atoms with Crippen molar-refractivity contribution in [3.8, 4) is 0 Å². The number of carbonyl (C=O) groups excluding carboxylic acids is 3. The molecule has 11 heteroatoms. The summed E-state index contributed by atoms with van der Waals surface area (Å²) in [6, 6.07) is 6.31. The number of hydrogen-bond acceptors (Lipinski definition) is 6. The van der Waals surface area contributed by atoms with Crippen molar-refractivity contribution in [2.24, 2.45) is 0 Å². The van der Waals surface area contributed by atoms with Crippen LogP contribution in [0.15, 0.2) is 35.7 Å². The molecule has 1 N–H and O–H groups in total. The number of benzene rings is 1. The lowest BCUT2D eigenvalue weighted by Gasteiger charge is -2.34. The Labute approximate surface area is 180 Å². The van der Waals surface area contributed by atoms with Crippen molar-refractivity contribution in [1.82, 2.24) is 9.80 Å². The smallest absolute Gasteiger partial charge is 0.417 e. The largest absolute Gasteiger partial charge is 0.465 e. The molecule has 2 heterocycles. The van der Waals surface area contributed by atoms with Gasteiger partial charge in [0.2, 0.25) is 5.91 Å². The Kier molecular flexibility index (Phi) is 6.96. The van der Waals surface area contributed by atoms with Crippen molar-refractivity contribution in [2.45, 2.75) is 6.18 Å². The predicted molar refractivity (Wildman–Crippen MR) is 108 cm³/mol. The number of rotatable bonds is 5. The van der Waals surface area contributed by atoms with Gasteiger partial charge in [-0.25, -0.2) is 4.79 Å². The highest BCUT2D eigenvalue weighted by Gasteiger charge is 2.36. The van der Waals surface area contributed by atoms with Crippen LogP contribution in [0.3, 0.4) is 0 Å². The number of ether oxygens (including phenoxy) is 1. The zero-order chi connectivity index (χ0) is 22.6. The number of hydrogen-bond donors (Lipinski definition) is 1. The van der Waals surface area contributed by atoms with Crippen LogP contribution in [0, 0.1) is 0 Å². The van der Waals surface area contributed by atoms with Crippen LogP contribution in [0.25, 0.3) is 0 Å². The van der Waals surface area contributed by atoms with Crippen molar-refractivity contribution in [3.05, 3.63) is 51.7 Å². The first kappa shape index (κ1) is 22.8. The standard InChI is InChI=1S/C20H20F3N3O4S/c1-30-19(29)17-15(6-11-31-17)24-16(27)12-25-7-9-26(10-8-25)18(28)13-4-2-3-5-14(13)20(21,22)23/h2-6,11H,7-10,12H2,1H3,(H,24,27). The minimum Gasteiger partial charge on any atom is -0.465 e. The Hall–Kier alpha value is -2.92. The molecule has 7 nitrogen and oxygen atoms in total. The van der Waals surface area contributed by atoms with Gasteiger partial charge in [-0.2, -0.15) is 13.2 Å². The average molecular weight is 455 g/mol. The first-order valence-corrected chi connectivity index (χ1v) is 10.2. The molecule has 1 aromatic carbocycles. The Morgan fingerprint density at radius 3 is 2.42 bits per heavy atom. The van der Waals surface area contributed by atoms with Gasteiger partial charge in [-0.05, 0) is 23.6 Å². The maximum absolute atomic E-state index is 13.2. The lowest BCUT2D eigenvalue weighted by atomic mass is 10.1. The average Bonchev–Trinajstić information content (AvgIpc) is 3.20. The van der Waals surface area contributed by atoms with Crippen molar-refractivity contribution < 1.29 is 32.3 Å². The molecule has 1 fully saturated rings. The minimum absolute atomic E-state index is 0.0254. The molecule has 0 bridgehead atoms. The third-order valence-corrected chi connectivity index (χ3v) is 5.69. The molecule has 0 unspecified atom stereocenters. The fourth-order valence-electron chi connectivity index (χ4n) is 3.25. The predicted octanol–water partition coefficient (Wildman–Crippen LogP) is 2.95. The van der Waals surface area contributed by atoms with Crippen LogP contribution in [0.1, 0.15) is 25.6 Å². The number of alkyl halides is 3. The first-order valence-electron chi connectivity index (χ1n) is 9.34. The van der Waals surface area contributed by atoms with Crippen molar-refractivity contribution in [2.75, 3.05) is 45.2 Å². The first-order chi connectivity index (χ1) is 14.7. The van der Waals surface area contributed by atoms with Crippen molar-refractivity contribution >= 4 is 34.8 Å². The molecular formula is C20H20F3N3O4S. The molecule has 1 aliphatic rings. The number of thiophene rings is 1.